The van der Waals surface area contributed by atoms with Crippen LogP contribution in [0.1, 0.15) is 22.8 Å². The van der Waals surface area contributed by atoms with Crippen molar-refractivity contribution < 1.29 is 14.4 Å². The van der Waals surface area contributed by atoms with Gasteiger partial charge in [-0.15, -0.1) is 0 Å². The molecular weight excluding hydrogens is 444 g/mol. The van der Waals surface area contributed by atoms with Gasteiger partial charge in [-0.1, -0.05) is 29.8 Å². The maximum atomic E-state index is 13.6. The van der Waals surface area contributed by atoms with Gasteiger partial charge in [-0.3, -0.25) is 9.59 Å². The molecule has 33 heavy (non-hydrogen) atoms. The minimum Gasteiger partial charge on any atom is -0.368 e. The summed E-state index contributed by atoms with van der Waals surface area (Å²) in [4.78, 5) is 44.6. The fraction of sp³-hybridized carbons (Fsp3) is 0.217. The van der Waals surface area contributed by atoms with Crippen molar-refractivity contribution in [3.8, 4) is 5.69 Å². The Kier molecular flexibility index (Phi) is 6.32. The SMILES string of the molecule is C[C@@H]1CN(C(=O)c2ccc(-n3ccnc3)cc2Cl)c2ccccc2CN1C(=O)NCC(N)=O. The molecule has 0 aliphatic carbocycles. The molecule has 1 aromatic heterocycles. The van der Waals surface area contributed by atoms with E-state index in [9.17, 15) is 14.4 Å². The van der Waals surface area contributed by atoms with Crippen molar-refractivity contribution in [2.45, 2.75) is 19.5 Å². The van der Waals surface area contributed by atoms with E-state index in [0.29, 0.717) is 16.3 Å². The van der Waals surface area contributed by atoms with E-state index in [1.807, 2.05) is 31.2 Å². The summed E-state index contributed by atoms with van der Waals surface area (Å²) in [5, 5.41) is 2.84. The zero-order valence-electron chi connectivity index (χ0n) is 17.9. The number of benzene rings is 2. The predicted molar refractivity (Wildman–Crippen MR) is 124 cm³/mol. The topological polar surface area (TPSA) is 114 Å². The highest BCUT2D eigenvalue weighted by molar-refractivity contribution is 6.34. The van der Waals surface area contributed by atoms with E-state index in [1.54, 1.807) is 51.3 Å². The number of imidazole rings is 1. The number of nitrogens with one attached hydrogen (secondary N) is 1. The van der Waals surface area contributed by atoms with Gasteiger partial charge in [0, 0.05) is 42.9 Å². The molecule has 1 aliphatic rings. The number of urea groups is 1. The van der Waals surface area contributed by atoms with E-state index in [-0.39, 0.29) is 31.6 Å². The highest BCUT2D eigenvalue weighted by atomic mass is 35.5. The first kappa shape index (κ1) is 22.3. The van der Waals surface area contributed by atoms with Crippen molar-refractivity contribution in [1.29, 1.82) is 0 Å². The number of rotatable bonds is 4. The number of carbonyl (C=O) groups excluding carboxylic acids is 3. The standard InChI is InChI=1S/C23H23ClN6O3/c1-15-12-30(22(32)18-7-6-17(10-19(18)24)28-9-8-26-14-28)20-5-3-2-4-16(20)13-29(15)23(33)27-11-21(25)31/h2-10,14-15H,11-13H2,1H3,(H2,25,31)(H,27,33)/t15-/m1/s1. The molecule has 0 unspecified atom stereocenters. The minimum atomic E-state index is -0.628. The number of amides is 4. The number of carbonyl (C=O) groups is 3. The molecular formula is C23H23ClN6O3. The van der Waals surface area contributed by atoms with Gasteiger partial charge in [0.2, 0.25) is 5.91 Å². The Morgan fingerprint density at radius 2 is 2.00 bits per heavy atom. The van der Waals surface area contributed by atoms with Gasteiger partial charge in [0.15, 0.2) is 0 Å². The summed E-state index contributed by atoms with van der Waals surface area (Å²) in [7, 11) is 0. The Labute approximate surface area is 195 Å². The summed E-state index contributed by atoms with van der Waals surface area (Å²) >= 11 is 6.52. The van der Waals surface area contributed by atoms with Gasteiger partial charge in [0.1, 0.15) is 0 Å². The number of halogens is 1. The Bertz CT molecular complexity index is 1200. The molecule has 0 saturated carbocycles. The average molecular weight is 467 g/mol. The second kappa shape index (κ2) is 9.33. The molecule has 9 nitrogen and oxygen atoms in total. The Hall–Kier alpha value is -3.85. The van der Waals surface area contributed by atoms with Crippen molar-refractivity contribution >= 4 is 35.1 Å². The molecule has 4 amide bonds. The lowest BCUT2D eigenvalue weighted by molar-refractivity contribution is -0.117. The van der Waals surface area contributed by atoms with Gasteiger partial charge in [0.25, 0.3) is 5.91 Å². The number of nitrogens with zero attached hydrogens (tertiary/aromatic N) is 4. The molecule has 0 fully saturated rings. The molecule has 0 bridgehead atoms. The van der Waals surface area contributed by atoms with Crippen LogP contribution in [0.3, 0.4) is 0 Å². The van der Waals surface area contributed by atoms with Crippen LogP contribution in [-0.2, 0) is 11.3 Å². The zero-order chi connectivity index (χ0) is 23.5. The second-order valence-electron chi connectivity index (χ2n) is 7.78. The monoisotopic (exact) mass is 466 g/mol. The molecule has 3 N–H and O–H groups in total. The van der Waals surface area contributed by atoms with Crippen molar-refractivity contribution in [3.63, 3.8) is 0 Å². The van der Waals surface area contributed by atoms with Crippen molar-refractivity contribution in [2.75, 3.05) is 18.0 Å². The van der Waals surface area contributed by atoms with Crippen molar-refractivity contribution in [3.05, 3.63) is 77.3 Å². The van der Waals surface area contributed by atoms with Crippen LogP contribution < -0.4 is 16.0 Å². The number of anilines is 1. The first-order chi connectivity index (χ1) is 15.8. The number of nitrogens with two attached hydrogens (primary N) is 1. The molecule has 2 aromatic carbocycles. The van der Waals surface area contributed by atoms with E-state index >= 15 is 0 Å². The van der Waals surface area contributed by atoms with Gasteiger partial charge in [-0.05, 0) is 36.8 Å². The summed E-state index contributed by atoms with van der Waals surface area (Å²) in [5.74, 6) is -0.896. The molecule has 0 radical (unpaired) electrons. The van der Waals surface area contributed by atoms with Crippen LogP contribution in [0.5, 0.6) is 0 Å². The van der Waals surface area contributed by atoms with Crippen LogP contribution in [0, 0.1) is 0 Å². The number of para-hydroxylation sites is 1. The summed E-state index contributed by atoms with van der Waals surface area (Å²) in [6.45, 7) is 2.11. The lowest BCUT2D eigenvalue weighted by Gasteiger charge is -2.29. The van der Waals surface area contributed by atoms with Crippen LogP contribution >= 0.6 is 11.6 Å². The third-order valence-corrected chi connectivity index (χ3v) is 5.82. The Morgan fingerprint density at radius 3 is 2.70 bits per heavy atom. The van der Waals surface area contributed by atoms with E-state index in [2.05, 4.69) is 10.3 Å². The number of aromatic nitrogens is 2. The molecule has 170 valence electrons. The lowest BCUT2D eigenvalue weighted by atomic mass is 10.1. The first-order valence-electron chi connectivity index (χ1n) is 10.4. The molecule has 1 aliphatic heterocycles. The highest BCUT2D eigenvalue weighted by Gasteiger charge is 2.32. The Morgan fingerprint density at radius 1 is 1.21 bits per heavy atom. The van der Waals surface area contributed by atoms with Crippen LogP contribution in [-0.4, -0.2) is 51.4 Å². The second-order valence-corrected chi connectivity index (χ2v) is 8.19. The summed E-state index contributed by atoms with van der Waals surface area (Å²) < 4.78 is 1.80. The fourth-order valence-corrected chi connectivity index (χ4v) is 4.09. The number of hydrogen-bond donors (Lipinski definition) is 2. The van der Waals surface area contributed by atoms with Gasteiger partial charge >= 0.3 is 6.03 Å². The summed E-state index contributed by atoms with van der Waals surface area (Å²) in [6, 6.07) is 11.9. The van der Waals surface area contributed by atoms with Crippen LogP contribution in [0.25, 0.3) is 5.69 Å². The fourth-order valence-electron chi connectivity index (χ4n) is 3.83. The molecule has 4 rings (SSSR count). The quantitative estimate of drug-likeness (QED) is 0.615. The zero-order valence-corrected chi connectivity index (χ0v) is 18.7. The maximum absolute atomic E-state index is 13.6. The Balaban J connectivity index is 1.64. The lowest BCUT2D eigenvalue weighted by Crippen LogP contribution is -2.49. The van der Waals surface area contributed by atoms with Crippen LogP contribution in [0.15, 0.2) is 61.2 Å². The van der Waals surface area contributed by atoms with Gasteiger partial charge in [-0.2, -0.15) is 0 Å². The molecule has 2 heterocycles. The third kappa shape index (κ3) is 4.68. The van der Waals surface area contributed by atoms with Crippen molar-refractivity contribution in [2.24, 2.45) is 5.73 Å². The number of fused-ring (bicyclic) bond motifs is 1. The first-order valence-corrected chi connectivity index (χ1v) is 10.7. The van der Waals surface area contributed by atoms with Crippen molar-refractivity contribution in [1.82, 2.24) is 19.8 Å². The minimum absolute atomic E-state index is 0.249. The molecule has 3 aromatic rings. The van der Waals surface area contributed by atoms with Gasteiger partial charge in [-0.25, -0.2) is 9.78 Å². The number of hydrogen-bond acceptors (Lipinski definition) is 4. The third-order valence-electron chi connectivity index (χ3n) is 5.51. The van der Waals surface area contributed by atoms with Crippen LogP contribution in [0.4, 0.5) is 10.5 Å². The molecule has 0 spiro atoms. The average Bonchev–Trinajstić information content (AvgIpc) is 3.29. The largest absolute Gasteiger partial charge is 0.368 e. The summed E-state index contributed by atoms with van der Waals surface area (Å²) in [5.41, 5.74) is 7.80. The van der Waals surface area contributed by atoms with E-state index < -0.39 is 11.9 Å². The van der Waals surface area contributed by atoms with Crippen LogP contribution in [0.2, 0.25) is 5.02 Å². The maximum Gasteiger partial charge on any atom is 0.318 e. The van der Waals surface area contributed by atoms with E-state index in [0.717, 1.165) is 11.3 Å². The highest BCUT2D eigenvalue weighted by Crippen LogP contribution is 2.30. The summed E-state index contributed by atoms with van der Waals surface area (Å²) in [6.07, 6.45) is 5.10. The van der Waals surface area contributed by atoms with E-state index in [4.69, 9.17) is 17.3 Å². The molecule has 1 atom stereocenters. The predicted octanol–water partition coefficient (Wildman–Crippen LogP) is 2.57. The van der Waals surface area contributed by atoms with E-state index in [1.165, 1.54) is 0 Å². The van der Waals surface area contributed by atoms with Gasteiger partial charge in [0.05, 0.1) is 23.5 Å². The van der Waals surface area contributed by atoms with Gasteiger partial charge < -0.3 is 25.4 Å². The normalized spacial score (nSPS) is 15.5. The number of primary amides is 1. The molecule has 10 heteroatoms. The molecule has 0 saturated heterocycles. The smallest absolute Gasteiger partial charge is 0.318 e.